The van der Waals surface area contributed by atoms with Crippen LogP contribution >= 0.6 is 0 Å². The van der Waals surface area contributed by atoms with Gasteiger partial charge in [0.25, 0.3) is 0 Å². The summed E-state index contributed by atoms with van der Waals surface area (Å²) >= 11 is 0. The molecule has 5 unspecified atom stereocenters. The molecule has 0 aromatic rings. The molecule has 3 heteroatoms. The maximum atomic E-state index is 9.23. The van der Waals surface area contributed by atoms with Crippen LogP contribution in [0.3, 0.4) is 0 Å². The Bertz CT molecular complexity index is 543. The van der Waals surface area contributed by atoms with E-state index >= 15 is 0 Å². The molecule has 24 heavy (non-hydrogen) atoms. The summed E-state index contributed by atoms with van der Waals surface area (Å²) in [5.74, 6) is 12.3. The average Bonchev–Trinajstić information content (AvgIpc) is 3.18. The number of aliphatic hydroxyl groups is 1. The standard InChI is InChI=1S/C21H30O3/c1-5-11-16-14-17(16)15-20-19(23-21(3,4)24-20)13-10-8-7-9-12-18(22)6-2/h6,16-20,22H,2,5,10-11,13-15H2,1,3-4H3. The third-order valence-electron chi connectivity index (χ3n) is 4.70. The fourth-order valence-corrected chi connectivity index (χ4v) is 3.47. The van der Waals surface area contributed by atoms with Crippen LogP contribution in [0.25, 0.3) is 0 Å². The van der Waals surface area contributed by atoms with Gasteiger partial charge in [0.1, 0.15) is 6.10 Å². The van der Waals surface area contributed by atoms with E-state index in [1.807, 2.05) is 13.8 Å². The van der Waals surface area contributed by atoms with Gasteiger partial charge in [0, 0.05) is 6.42 Å². The topological polar surface area (TPSA) is 38.7 Å². The molecule has 0 bridgehead atoms. The Hall–Kier alpha value is -1.26. The fourth-order valence-electron chi connectivity index (χ4n) is 3.47. The minimum absolute atomic E-state index is 0.115. The largest absolute Gasteiger partial charge is 0.377 e. The zero-order chi connectivity index (χ0) is 17.6. The van der Waals surface area contributed by atoms with Gasteiger partial charge in [0.15, 0.2) is 5.79 Å². The van der Waals surface area contributed by atoms with Gasteiger partial charge >= 0.3 is 0 Å². The molecular weight excluding hydrogens is 300 g/mol. The molecule has 2 aliphatic rings. The van der Waals surface area contributed by atoms with Crippen LogP contribution in [0.5, 0.6) is 0 Å². The minimum Gasteiger partial charge on any atom is -0.377 e. The molecule has 0 radical (unpaired) electrons. The summed E-state index contributed by atoms with van der Waals surface area (Å²) in [6.45, 7) is 9.70. The van der Waals surface area contributed by atoms with E-state index < -0.39 is 11.9 Å². The summed E-state index contributed by atoms with van der Waals surface area (Å²) in [4.78, 5) is 0. The maximum Gasteiger partial charge on any atom is 0.163 e. The van der Waals surface area contributed by atoms with Crippen molar-refractivity contribution in [2.45, 2.75) is 83.4 Å². The van der Waals surface area contributed by atoms with Crippen LogP contribution in [-0.4, -0.2) is 29.2 Å². The highest BCUT2D eigenvalue weighted by Gasteiger charge is 2.45. The van der Waals surface area contributed by atoms with E-state index in [1.165, 1.54) is 25.3 Å². The molecule has 0 amide bonds. The Kier molecular flexibility index (Phi) is 6.93. The maximum absolute atomic E-state index is 9.23. The minimum atomic E-state index is -0.800. The molecule has 1 saturated heterocycles. The quantitative estimate of drug-likeness (QED) is 0.572. The number of ether oxygens (including phenoxy) is 2. The molecular formula is C21H30O3. The Morgan fingerprint density at radius 3 is 2.67 bits per heavy atom. The summed E-state index contributed by atoms with van der Waals surface area (Å²) in [6, 6.07) is 0. The Morgan fingerprint density at radius 1 is 1.21 bits per heavy atom. The zero-order valence-electron chi connectivity index (χ0n) is 15.2. The number of hydrogen-bond acceptors (Lipinski definition) is 3. The molecule has 132 valence electrons. The van der Waals surface area contributed by atoms with Gasteiger partial charge in [0.2, 0.25) is 0 Å². The van der Waals surface area contributed by atoms with Gasteiger partial charge in [-0.1, -0.05) is 44.3 Å². The summed E-state index contributed by atoms with van der Waals surface area (Å²) in [5, 5.41) is 9.23. The van der Waals surface area contributed by atoms with Crippen molar-refractivity contribution in [2.75, 3.05) is 0 Å². The predicted octanol–water partition coefficient (Wildman–Crippen LogP) is 3.67. The SMILES string of the molecule is C=CC(O)C#CC#CCCC1OC(C)(C)OC1CC1CC1CCC. The molecule has 0 aromatic carbocycles. The molecule has 1 aliphatic heterocycles. The third kappa shape index (κ3) is 5.99. The van der Waals surface area contributed by atoms with E-state index in [0.29, 0.717) is 0 Å². The lowest BCUT2D eigenvalue weighted by molar-refractivity contribution is -0.147. The van der Waals surface area contributed by atoms with Crippen molar-refractivity contribution in [3.8, 4) is 23.7 Å². The van der Waals surface area contributed by atoms with Crippen LogP contribution < -0.4 is 0 Å². The number of hydrogen-bond donors (Lipinski definition) is 1. The third-order valence-corrected chi connectivity index (χ3v) is 4.70. The summed E-state index contributed by atoms with van der Waals surface area (Å²) in [5.41, 5.74) is 0. The van der Waals surface area contributed by atoms with Crippen LogP contribution in [0.4, 0.5) is 0 Å². The van der Waals surface area contributed by atoms with Gasteiger partial charge in [-0.25, -0.2) is 0 Å². The first-order valence-electron chi connectivity index (χ1n) is 9.09. The van der Waals surface area contributed by atoms with Crippen LogP contribution in [0.2, 0.25) is 0 Å². The van der Waals surface area contributed by atoms with E-state index in [1.54, 1.807) is 0 Å². The monoisotopic (exact) mass is 330 g/mol. The van der Waals surface area contributed by atoms with Gasteiger partial charge in [-0.2, -0.15) is 0 Å². The molecule has 1 N–H and O–H groups in total. The molecule has 0 aromatic heterocycles. The molecule has 3 nitrogen and oxygen atoms in total. The number of rotatable bonds is 7. The molecule has 5 atom stereocenters. The lowest BCUT2D eigenvalue weighted by atomic mass is 10.0. The van der Waals surface area contributed by atoms with Gasteiger partial charge < -0.3 is 14.6 Å². The van der Waals surface area contributed by atoms with Crippen molar-refractivity contribution in [3.63, 3.8) is 0 Å². The smallest absolute Gasteiger partial charge is 0.163 e. The van der Waals surface area contributed by atoms with Crippen LogP contribution in [0.1, 0.15) is 59.3 Å². The molecule has 1 aliphatic carbocycles. The van der Waals surface area contributed by atoms with Gasteiger partial charge in [-0.15, -0.1) is 0 Å². The van der Waals surface area contributed by atoms with E-state index in [0.717, 1.165) is 31.1 Å². The highest BCUT2D eigenvalue weighted by molar-refractivity contribution is 5.28. The predicted molar refractivity (Wildman–Crippen MR) is 95.9 cm³/mol. The summed E-state index contributed by atoms with van der Waals surface area (Å²) < 4.78 is 12.2. The second-order valence-corrected chi connectivity index (χ2v) is 7.28. The van der Waals surface area contributed by atoms with Crippen LogP contribution in [-0.2, 0) is 9.47 Å². The molecule has 2 rings (SSSR count). The summed E-state index contributed by atoms with van der Waals surface area (Å²) in [7, 11) is 0. The highest BCUT2D eigenvalue weighted by atomic mass is 16.7. The Morgan fingerprint density at radius 2 is 1.96 bits per heavy atom. The van der Waals surface area contributed by atoms with Crippen molar-refractivity contribution >= 4 is 0 Å². The summed E-state index contributed by atoms with van der Waals surface area (Å²) in [6.07, 6.45) is 7.54. The van der Waals surface area contributed by atoms with Crippen molar-refractivity contribution in [1.29, 1.82) is 0 Å². The normalized spacial score (nSPS) is 31.3. The van der Waals surface area contributed by atoms with Gasteiger partial charge in [-0.05, 0) is 56.8 Å². The van der Waals surface area contributed by atoms with Gasteiger partial charge in [-0.3, -0.25) is 0 Å². The first kappa shape index (κ1) is 19.1. The van der Waals surface area contributed by atoms with E-state index in [4.69, 9.17) is 9.47 Å². The second kappa shape index (κ2) is 8.72. The first-order valence-corrected chi connectivity index (χ1v) is 9.09. The Balaban J connectivity index is 1.80. The average molecular weight is 330 g/mol. The van der Waals surface area contributed by atoms with Crippen LogP contribution in [0, 0.1) is 35.5 Å². The van der Waals surface area contributed by atoms with Crippen molar-refractivity contribution in [1.82, 2.24) is 0 Å². The van der Waals surface area contributed by atoms with E-state index in [2.05, 4.69) is 37.2 Å². The molecule has 1 heterocycles. The van der Waals surface area contributed by atoms with E-state index in [-0.39, 0.29) is 12.2 Å². The van der Waals surface area contributed by atoms with Crippen molar-refractivity contribution in [3.05, 3.63) is 12.7 Å². The van der Waals surface area contributed by atoms with E-state index in [9.17, 15) is 5.11 Å². The second-order valence-electron chi connectivity index (χ2n) is 7.28. The zero-order valence-corrected chi connectivity index (χ0v) is 15.2. The number of aliphatic hydroxyl groups excluding tert-OH is 1. The van der Waals surface area contributed by atoms with Gasteiger partial charge in [0.05, 0.1) is 12.2 Å². The van der Waals surface area contributed by atoms with Crippen molar-refractivity contribution < 1.29 is 14.6 Å². The molecule has 2 fully saturated rings. The van der Waals surface area contributed by atoms with Crippen molar-refractivity contribution in [2.24, 2.45) is 11.8 Å². The molecule has 0 spiro atoms. The lowest BCUT2D eigenvalue weighted by Crippen LogP contribution is -2.23. The highest BCUT2D eigenvalue weighted by Crippen LogP contribution is 2.47. The lowest BCUT2D eigenvalue weighted by Gasteiger charge is -2.16. The van der Waals surface area contributed by atoms with Crippen LogP contribution in [0.15, 0.2) is 12.7 Å². The Labute approximate surface area is 146 Å². The fraction of sp³-hybridized carbons (Fsp3) is 0.714. The first-order chi connectivity index (χ1) is 11.4. The molecule has 1 saturated carbocycles.